The zero-order valence-corrected chi connectivity index (χ0v) is 15.9. The van der Waals surface area contributed by atoms with Gasteiger partial charge in [0.2, 0.25) is 11.8 Å². The summed E-state index contributed by atoms with van der Waals surface area (Å²) in [6, 6.07) is 18.0. The van der Waals surface area contributed by atoms with Gasteiger partial charge in [-0.05, 0) is 11.6 Å². The van der Waals surface area contributed by atoms with Gasteiger partial charge in [-0.1, -0.05) is 48.5 Å². The SMILES string of the molecule is O=C(CN1CCOCC1)N1CCN(c2ccccc2-c2ccccc2)C(=O)C1. The molecule has 0 saturated carbocycles. The smallest absolute Gasteiger partial charge is 0.246 e. The molecule has 28 heavy (non-hydrogen) atoms. The first-order valence-corrected chi connectivity index (χ1v) is 9.75. The number of hydrogen-bond acceptors (Lipinski definition) is 4. The number of para-hydroxylation sites is 1. The Hall–Kier alpha value is -2.70. The number of hydrogen-bond donors (Lipinski definition) is 0. The summed E-state index contributed by atoms with van der Waals surface area (Å²) < 4.78 is 5.33. The van der Waals surface area contributed by atoms with Crippen LogP contribution in [0.1, 0.15) is 0 Å². The Morgan fingerprint density at radius 2 is 1.61 bits per heavy atom. The molecule has 2 heterocycles. The molecule has 0 radical (unpaired) electrons. The number of anilines is 1. The summed E-state index contributed by atoms with van der Waals surface area (Å²) in [7, 11) is 0. The molecule has 6 heteroatoms. The molecule has 0 atom stereocenters. The van der Waals surface area contributed by atoms with Gasteiger partial charge in [0, 0.05) is 31.7 Å². The van der Waals surface area contributed by atoms with Gasteiger partial charge in [-0.15, -0.1) is 0 Å². The van der Waals surface area contributed by atoms with E-state index in [0.29, 0.717) is 32.8 Å². The third-order valence-electron chi connectivity index (χ3n) is 5.32. The number of amides is 2. The van der Waals surface area contributed by atoms with Gasteiger partial charge in [0.15, 0.2) is 0 Å². The second kappa shape index (κ2) is 8.54. The van der Waals surface area contributed by atoms with Gasteiger partial charge < -0.3 is 14.5 Å². The summed E-state index contributed by atoms with van der Waals surface area (Å²) in [5.41, 5.74) is 3.01. The van der Waals surface area contributed by atoms with Crippen LogP contribution in [0.3, 0.4) is 0 Å². The van der Waals surface area contributed by atoms with Crippen LogP contribution in [0.5, 0.6) is 0 Å². The van der Waals surface area contributed by atoms with Crippen LogP contribution in [-0.4, -0.2) is 74.1 Å². The molecule has 0 bridgehead atoms. The lowest BCUT2D eigenvalue weighted by atomic mass is 10.0. The van der Waals surface area contributed by atoms with Crippen molar-refractivity contribution < 1.29 is 14.3 Å². The predicted molar refractivity (Wildman–Crippen MR) is 108 cm³/mol. The van der Waals surface area contributed by atoms with Crippen molar-refractivity contribution in [3.63, 3.8) is 0 Å². The van der Waals surface area contributed by atoms with Crippen LogP contribution in [0.4, 0.5) is 5.69 Å². The number of morpholine rings is 1. The van der Waals surface area contributed by atoms with Gasteiger partial charge in [0.05, 0.1) is 25.4 Å². The monoisotopic (exact) mass is 379 g/mol. The van der Waals surface area contributed by atoms with Crippen LogP contribution in [0.25, 0.3) is 11.1 Å². The fourth-order valence-corrected chi connectivity index (χ4v) is 3.76. The van der Waals surface area contributed by atoms with Crippen LogP contribution in [0.2, 0.25) is 0 Å². The lowest BCUT2D eigenvalue weighted by Gasteiger charge is -2.36. The minimum atomic E-state index is -0.0371. The maximum atomic E-state index is 12.9. The van der Waals surface area contributed by atoms with Gasteiger partial charge >= 0.3 is 0 Å². The van der Waals surface area contributed by atoms with E-state index in [0.717, 1.165) is 29.9 Å². The van der Waals surface area contributed by atoms with E-state index in [9.17, 15) is 9.59 Å². The molecule has 4 rings (SSSR count). The molecule has 2 aromatic rings. The summed E-state index contributed by atoms with van der Waals surface area (Å²) >= 11 is 0. The average Bonchev–Trinajstić information content (AvgIpc) is 2.75. The van der Waals surface area contributed by atoms with Crippen molar-refractivity contribution in [1.82, 2.24) is 9.80 Å². The first-order valence-electron chi connectivity index (χ1n) is 9.75. The van der Waals surface area contributed by atoms with Crippen molar-refractivity contribution in [3.8, 4) is 11.1 Å². The Bertz CT molecular complexity index is 834. The first-order chi connectivity index (χ1) is 13.7. The van der Waals surface area contributed by atoms with Crippen LogP contribution in [0, 0.1) is 0 Å². The number of carbonyl (C=O) groups excluding carboxylic acids is 2. The molecule has 146 valence electrons. The Labute approximate surface area is 165 Å². The third kappa shape index (κ3) is 4.08. The molecule has 2 amide bonds. The highest BCUT2D eigenvalue weighted by Crippen LogP contribution is 2.31. The van der Waals surface area contributed by atoms with Crippen molar-refractivity contribution in [2.45, 2.75) is 0 Å². The van der Waals surface area contributed by atoms with Crippen molar-refractivity contribution in [1.29, 1.82) is 0 Å². The molecular weight excluding hydrogens is 354 g/mol. The van der Waals surface area contributed by atoms with E-state index in [-0.39, 0.29) is 18.4 Å². The normalized spacial score (nSPS) is 18.4. The predicted octanol–water partition coefficient (Wildman–Crippen LogP) is 1.86. The molecule has 2 aliphatic heterocycles. The number of carbonyl (C=O) groups is 2. The van der Waals surface area contributed by atoms with E-state index in [1.165, 1.54) is 0 Å². The number of ether oxygens (including phenoxy) is 1. The highest BCUT2D eigenvalue weighted by Gasteiger charge is 2.30. The summed E-state index contributed by atoms with van der Waals surface area (Å²) in [6.07, 6.45) is 0. The Morgan fingerprint density at radius 3 is 2.36 bits per heavy atom. The summed E-state index contributed by atoms with van der Waals surface area (Å²) in [5, 5.41) is 0. The average molecular weight is 379 g/mol. The Morgan fingerprint density at radius 1 is 0.893 bits per heavy atom. The maximum Gasteiger partial charge on any atom is 0.246 e. The zero-order valence-electron chi connectivity index (χ0n) is 15.9. The number of piperazine rings is 1. The third-order valence-corrected chi connectivity index (χ3v) is 5.32. The molecule has 0 aliphatic carbocycles. The van der Waals surface area contributed by atoms with Crippen molar-refractivity contribution >= 4 is 17.5 Å². The molecular formula is C22H25N3O3. The van der Waals surface area contributed by atoms with Crippen molar-refractivity contribution in [2.75, 3.05) is 57.4 Å². The molecule has 2 fully saturated rings. The van der Waals surface area contributed by atoms with Crippen molar-refractivity contribution in [3.05, 3.63) is 54.6 Å². The van der Waals surface area contributed by atoms with E-state index < -0.39 is 0 Å². The number of rotatable bonds is 4. The van der Waals surface area contributed by atoms with Gasteiger partial charge in [-0.3, -0.25) is 14.5 Å². The topological polar surface area (TPSA) is 53.1 Å². The van der Waals surface area contributed by atoms with Gasteiger partial charge in [-0.2, -0.15) is 0 Å². The largest absolute Gasteiger partial charge is 0.379 e. The summed E-state index contributed by atoms with van der Waals surface area (Å²) in [6.45, 7) is 4.42. The second-order valence-electron chi connectivity index (χ2n) is 7.13. The van der Waals surface area contributed by atoms with Crippen LogP contribution in [0.15, 0.2) is 54.6 Å². The summed E-state index contributed by atoms with van der Waals surface area (Å²) in [4.78, 5) is 31.1. The Kier molecular flexibility index (Phi) is 5.69. The quantitative estimate of drug-likeness (QED) is 0.814. The summed E-state index contributed by atoms with van der Waals surface area (Å²) in [5.74, 6) is -0.0174. The molecule has 0 unspecified atom stereocenters. The molecule has 2 aliphatic rings. The van der Waals surface area contributed by atoms with Crippen LogP contribution >= 0.6 is 0 Å². The fourth-order valence-electron chi connectivity index (χ4n) is 3.76. The van der Waals surface area contributed by atoms with Gasteiger partial charge in [0.25, 0.3) is 0 Å². The van der Waals surface area contributed by atoms with Crippen LogP contribution in [-0.2, 0) is 14.3 Å². The van der Waals surface area contributed by atoms with E-state index >= 15 is 0 Å². The standard InChI is InChI=1S/C22H25N3O3/c26-21(16-23-12-14-28-15-13-23)24-10-11-25(22(27)17-24)20-9-5-4-8-19(20)18-6-2-1-3-7-18/h1-9H,10-17H2. The second-order valence-corrected chi connectivity index (χ2v) is 7.13. The number of benzene rings is 2. The van der Waals surface area contributed by atoms with Gasteiger partial charge in [0.1, 0.15) is 6.54 Å². The minimum Gasteiger partial charge on any atom is -0.379 e. The molecule has 0 spiro atoms. The molecule has 6 nitrogen and oxygen atoms in total. The van der Waals surface area contributed by atoms with E-state index in [1.807, 2.05) is 54.6 Å². The first kappa shape index (κ1) is 18.7. The highest BCUT2D eigenvalue weighted by atomic mass is 16.5. The van der Waals surface area contributed by atoms with Crippen molar-refractivity contribution in [2.24, 2.45) is 0 Å². The molecule has 2 aromatic carbocycles. The van der Waals surface area contributed by atoms with E-state index in [2.05, 4.69) is 4.90 Å². The lowest BCUT2D eigenvalue weighted by Crippen LogP contribution is -2.55. The minimum absolute atomic E-state index is 0.0197. The highest BCUT2D eigenvalue weighted by molar-refractivity contribution is 6.01. The maximum absolute atomic E-state index is 12.9. The molecule has 0 N–H and O–H groups in total. The number of nitrogens with zero attached hydrogens (tertiary/aromatic N) is 3. The molecule has 0 aromatic heterocycles. The van der Waals surface area contributed by atoms with Gasteiger partial charge in [-0.25, -0.2) is 0 Å². The lowest BCUT2D eigenvalue weighted by molar-refractivity contribution is -0.138. The molecule has 2 saturated heterocycles. The van der Waals surface area contributed by atoms with E-state index in [1.54, 1.807) is 9.80 Å². The Balaban J connectivity index is 1.45. The zero-order chi connectivity index (χ0) is 19.3. The van der Waals surface area contributed by atoms with Crippen LogP contribution < -0.4 is 4.90 Å². The van der Waals surface area contributed by atoms with E-state index in [4.69, 9.17) is 4.74 Å². The fraction of sp³-hybridized carbons (Fsp3) is 0.364.